The van der Waals surface area contributed by atoms with E-state index in [4.69, 9.17) is 4.74 Å². The maximum Gasteiger partial charge on any atom is 0.303 e. The first kappa shape index (κ1) is 17.0. The molecule has 20 heavy (non-hydrogen) atoms. The van der Waals surface area contributed by atoms with Crippen molar-refractivity contribution in [3.8, 4) is 0 Å². The number of carbonyl (C=O) groups is 1. The average molecular weight is 280 g/mol. The van der Waals surface area contributed by atoms with E-state index in [-0.39, 0.29) is 12.1 Å². The Morgan fingerprint density at radius 1 is 1.50 bits per heavy atom. The minimum absolute atomic E-state index is 0.279. The van der Waals surface area contributed by atoms with Crippen LogP contribution in [-0.2, 0) is 9.53 Å². The molecule has 0 saturated carbocycles. The molecule has 3 nitrogen and oxygen atoms in total. The van der Waals surface area contributed by atoms with Crippen molar-refractivity contribution in [2.45, 2.75) is 65.1 Å². The number of rotatable bonds is 2. The van der Waals surface area contributed by atoms with Gasteiger partial charge in [-0.15, -0.1) is 0 Å². The van der Waals surface area contributed by atoms with Crippen molar-refractivity contribution in [2.75, 3.05) is 0 Å². The zero-order chi connectivity index (χ0) is 15.3. The van der Waals surface area contributed by atoms with E-state index >= 15 is 0 Å². The Labute approximate surface area is 122 Å². The van der Waals surface area contributed by atoms with Crippen LogP contribution in [0.5, 0.6) is 0 Å². The second-order valence-electron chi connectivity index (χ2n) is 6.46. The number of hydrogen-bond acceptors (Lipinski definition) is 3. The third-order valence-electron chi connectivity index (χ3n) is 4.03. The number of aliphatic hydroxyl groups is 1. The van der Waals surface area contributed by atoms with Crippen LogP contribution in [-0.4, -0.2) is 22.8 Å². The van der Waals surface area contributed by atoms with Gasteiger partial charge in [0.2, 0.25) is 0 Å². The normalized spacial score (nSPS) is 33.8. The van der Waals surface area contributed by atoms with E-state index in [1.165, 1.54) is 6.92 Å². The molecule has 0 aromatic heterocycles. The predicted octanol–water partition coefficient (Wildman–Crippen LogP) is 3.63. The highest BCUT2D eigenvalue weighted by atomic mass is 16.5. The Kier molecular flexibility index (Phi) is 6.00. The van der Waals surface area contributed by atoms with Crippen LogP contribution in [0.4, 0.5) is 0 Å². The summed E-state index contributed by atoms with van der Waals surface area (Å²) < 4.78 is 5.35. The molecule has 0 aromatic carbocycles. The first-order chi connectivity index (χ1) is 9.21. The van der Waals surface area contributed by atoms with Gasteiger partial charge < -0.3 is 9.84 Å². The van der Waals surface area contributed by atoms with Crippen LogP contribution in [0.2, 0.25) is 0 Å². The largest absolute Gasteiger partial charge is 0.458 e. The molecule has 0 fully saturated rings. The average Bonchev–Trinajstić information content (AvgIpc) is 2.32. The van der Waals surface area contributed by atoms with E-state index in [0.29, 0.717) is 24.7 Å². The molecule has 1 rings (SSSR count). The van der Waals surface area contributed by atoms with Crippen LogP contribution in [0.25, 0.3) is 0 Å². The monoisotopic (exact) mass is 280 g/mol. The summed E-state index contributed by atoms with van der Waals surface area (Å²) >= 11 is 0. The van der Waals surface area contributed by atoms with E-state index in [1.54, 1.807) is 6.92 Å². The Bertz CT molecular complexity index is 380. The van der Waals surface area contributed by atoms with Gasteiger partial charge in [-0.05, 0) is 50.0 Å². The number of carbonyl (C=O) groups excluding carboxylic acids is 1. The lowest BCUT2D eigenvalue weighted by Gasteiger charge is -2.28. The molecular weight excluding hydrogens is 252 g/mol. The zero-order valence-corrected chi connectivity index (χ0v) is 13.2. The van der Waals surface area contributed by atoms with Crippen molar-refractivity contribution in [1.82, 2.24) is 0 Å². The summed E-state index contributed by atoms with van der Waals surface area (Å²) in [5.74, 6) is 0.638. The lowest BCUT2D eigenvalue weighted by Crippen LogP contribution is -2.28. The molecule has 0 radical (unpaired) electrons. The zero-order valence-electron chi connectivity index (χ0n) is 13.2. The number of ether oxygens (including phenoxy) is 1. The summed E-state index contributed by atoms with van der Waals surface area (Å²) in [6.07, 6.45) is 6.75. The molecule has 0 aromatic rings. The van der Waals surface area contributed by atoms with Crippen LogP contribution in [0.3, 0.4) is 0 Å². The molecule has 0 aliphatic heterocycles. The maximum absolute atomic E-state index is 11.2. The molecule has 0 saturated heterocycles. The van der Waals surface area contributed by atoms with Gasteiger partial charge in [0, 0.05) is 6.92 Å². The summed E-state index contributed by atoms with van der Waals surface area (Å²) in [5, 5.41) is 10.4. The molecule has 0 bridgehead atoms. The summed E-state index contributed by atoms with van der Waals surface area (Å²) in [6.45, 7) is 11.7. The first-order valence-electron chi connectivity index (χ1n) is 7.48. The van der Waals surface area contributed by atoms with E-state index in [0.717, 1.165) is 18.4 Å². The molecule has 1 N–H and O–H groups in total. The molecule has 0 spiro atoms. The van der Waals surface area contributed by atoms with Crippen LogP contribution in [0, 0.1) is 11.8 Å². The molecule has 3 atom stereocenters. The van der Waals surface area contributed by atoms with Gasteiger partial charge in [0.25, 0.3) is 0 Å². The number of esters is 1. The molecular formula is C17H28O3. The van der Waals surface area contributed by atoms with Crippen molar-refractivity contribution < 1.29 is 14.6 Å². The van der Waals surface area contributed by atoms with Gasteiger partial charge in [0.1, 0.15) is 6.10 Å². The van der Waals surface area contributed by atoms with Gasteiger partial charge in [0.05, 0.1) is 5.60 Å². The van der Waals surface area contributed by atoms with Gasteiger partial charge >= 0.3 is 5.97 Å². The van der Waals surface area contributed by atoms with Crippen LogP contribution in [0.1, 0.15) is 53.4 Å². The Morgan fingerprint density at radius 2 is 2.15 bits per heavy atom. The quantitative estimate of drug-likeness (QED) is 0.620. The topological polar surface area (TPSA) is 46.5 Å². The summed E-state index contributed by atoms with van der Waals surface area (Å²) in [7, 11) is 0. The third-order valence-corrected chi connectivity index (χ3v) is 4.03. The molecule has 3 heteroatoms. The highest BCUT2D eigenvalue weighted by molar-refractivity contribution is 5.66. The van der Waals surface area contributed by atoms with E-state index in [2.05, 4.69) is 26.5 Å². The fourth-order valence-electron chi connectivity index (χ4n) is 2.55. The Morgan fingerprint density at radius 3 is 2.70 bits per heavy atom. The summed E-state index contributed by atoms with van der Waals surface area (Å²) in [5.41, 5.74) is 0.0975. The maximum atomic E-state index is 11.2. The van der Waals surface area contributed by atoms with Crippen molar-refractivity contribution in [3.05, 3.63) is 24.3 Å². The molecule has 0 unspecified atom stereocenters. The van der Waals surface area contributed by atoms with Crippen LogP contribution < -0.4 is 0 Å². The Hall–Kier alpha value is -1.09. The van der Waals surface area contributed by atoms with Crippen LogP contribution in [0.15, 0.2) is 24.3 Å². The van der Waals surface area contributed by atoms with Crippen LogP contribution >= 0.6 is 0 Å². The summed E-state index contributed by atoms with van der Waals surface area (Å²) in [6, 6.07) is 0. The minimum atomic E-state index is -0.858. The van der Waals surface area contributed by atoms with E-state index in [1.807, 2.05) is 6.08 Å². The fourth-order valence-corrected chi connectivity index (χ4v) is 2.55. The second-order valence-corrected chi connectivity index (χ2v) is 6.46. The fraction of sp³-hybridized carbons (Fsp3) is 0.706. The van der Waals surface area contributed by atoms with Gasteiger partial charge in [-0.2, -0.15) is 0 Å². The highest BCUT2D eigenvalue weighted by Gasteiger charge is 2.25. The van der Waals surface area contributed by atoms with Gasteiger partial charge in [-0.3, -0.25) is 4.79 Å². The smallest absolute Gasteiger partial charge is 0.303 e. The molecule has 0 amide bonds. The van der Waals surface area contributed by atoms with E-state index < -0.39 is 5.60 Å². The van der Waals surface area contributed by atoms with Crippen molar-refractivity contribution >= 4 is 5.97 Å². The molecule has 1 aliphatic rings. The summed E-state index contributed by atoms with van der Waals surface area (Å²) in [4.78, 5) is 11.2. The Balaban J connectivity index is 2.89. The molecule has 0 heterocycles. The highest BCUT2D eigenvalue weighted by Crippen LogP contribution is 2.29. The number of allylic oxidation sites excluding steroid dienone is 1. The minimum Gasteiger partial charge on any atom is -0.458 e. The SMILES string of the molecule is C=C1CC[C@@H](C(C)C)/C=C/[C@](C)(O)CC[C@H]1OC(C)=O. The molecule has 1 aliphatic carbocycles. The van der Waals surface area contributed by atoms with E-state index in [9.17, 15) is 9.90 Å². The second kappa shape index (κ2) is 7.07. The van der Waals surface area contributed by atoms with Gasteiger partial charge in [-0.25, -0.2) is 0 Å². The molecule has 114 valence electrons. The van der Waals surface area contributed by atoms with Crippen molar-refractivity contribution in [3.63, 3.8) is 0 Å². The standard InChI is InChI=1S/C17H28O3/c1-12(2)15-7-6-13(3)16(20-14(4)18)9-11-17(5,19)10-8-15/h8,10,12,15-16,19H,3,6-7,9,11H2,1-2,4-5H3/b10-8+/t15-,16-,17+/m1/s1. The van der Waals surface area contributed by atoms with Crippen molar-refractivity contribution in [1.29, 1.82) is 0 Å². The van der Waals surface area contributed by atoms with Gasteiger partial charge in [-0.1, -0.05) is 32.6 Å². The third kappa shape index (κ3) is 5.49. The first-order valence-corrected chi connectivity index (χ1v) is 7.48. The van der Waals surface area contributed by atoms with Gasteiger partial charge in [0.15, 0.2) is 0 Å². The predicted molar refractivity (Wildman–Crippen MR) is 81.3 cm³/mol. The van der Waals surface area contributed by atoms with Crippen molar-refractivity contribution in [2.24, 2.45) is 11.8 Å². The lowest BCUT2D eigenvalue weighted by molar-refractivity contribution is -0.145. The lowest BCUT2D eigenvalue weighted by atomic mass is 9.84. The number of hydrogen-bond donors (Lipinski definition) is 1.